The molecule has 5 nitrogen and oxygen atoms in total. The highest BCUT2D eigenvalue weighted by atomic mass is 35.5. The molecule has 1 aliphatic rings. The molecule has 1 amide bonds. The maximum Gasteiger partial charge on any atom is 0.262 e. The number of carbonyl (C=O) groups excluding carboxylic acids is 1. The van der Waals surface area contributed by atoms with E-state index in [2.05, 4.69) is 5.32 Å². The summed E-state index contributed by atoms with van der Waals surface area (Å²) in [6, 6.07) is 14.1. The average molecular weight is 362 g/mol. The van der Waals surface area contributed by atoms with Crippen molar-refractivity contribution in [2.45, 2.75) is 18.9 Å². The summed E-state index contributed by atoms with van der Waals surface area (Å²) >= 11 is 5.81. The van der Waals surface area contributed by atoms with Crippen molar-refractivity contribution in [3.05, 3.63) is 53.6 Å². The number of halogens is 1. The van der Waals surface area contributed by atoms with Crippen molar-refractivity contribution in [1.29, 1.82) is 0 Å². The Labute approximate surface area is 151 Å². The summed E-state index contributed by atoms with van der Waals surface area (Å²) in [7, 11) is 0. The number of nitrogens with one attached hydrogen (secondary N) is 1. The number of hydrogen-bond acceptors (Lipinski definition) is 4. The molecule has 1 saturated heterocycles. The van der Waals surface area contributed by atoms with E-state index in [9.17, 15) is 4.79 Å². The summed E-state index contributed by atoms with van der Waals surface area (Å²) in [5.41, 5.74) is 0.662. The molecule has 0 aliphatic carbocycles. The largest absolute Gasteiger partial charge is 0.491 e. The van der Waals surface area contributed by atoms with Crippen molar-refractivity contribution in [3.63, 3.8) is 0 Å². The molecular formula is C19H20ClNO4. The zero-order valence-corrected chi connectivity index (χ0v) is 14.5. The Bertz CT molecular complexity index is 699. The fourth-order valence-electron chi connectivity index (χ4n) is 2.51. The van der Waals surface area contributed by atoms with Crippen LogP contribution in [0, 0.1) is 0 Å². The van der Waals surface area contributed by atoms with Crippen LogP contribution in [0.3, 0.4) is 0 Å². The van der Waals surface area contributed by atoms with Gasteiger partial charge in [-0.25, -0.2) is 0 Å². The first-order valence-electron chi connectivity index (χ1n) is 8.22. The van der Waals surface area contributed by atoms with Gasteiger partial charge in [0.15, 0.2) is 6.61 Å². The summed E-state index contributed by atoms with van der Waals surface area (Å²) in [6.07, 6.45) is 2.27. The van der Waals surface area contributed by atoms with Crippen LogP contribution in [0.1, 0.15) is 12.8 Å². The van der Waals surface area contributed by atoms with Crippen LogP contribution in [0.15, 0.2) is 48.5 Å². The summed E-state index contributed by atoms with van der Waals surface area (Å²) < 4.78 is 16.7. The summed E-state index contributed by atoms with van der Waals surface area (Å²) in [5.74, 6) is 1.05. The molecule has 0 spiro atoms. The van der Waals surface area contributed by atoms with Gasteiger partial charge in [-0.15, -0.1) is 0 Å². The van der Waals surface area contributed by atoms with Gasteiger partial charge in [0, 0.05) is 23.4 Å². The SMILES string of the molecule is O=C(COc1ccc(Cl)cc1)Nc1cccc(OCC2CCCO2)c1. The summed E-state index contributed by atoms with van der Waals surface area (Å²) in [6.45, 7) is 1.25. The average Bonchev–Trinajstić information content (AvgIpc) is 3.13. The number of anilines is 1. The maximum absolute atomic E-state index is 12.0. The third-order valence-electron chi connectivity index (χ3n) is 3.76. The van der Waals surface area contributed by atoms with Gasteiger partial charge >= 0.3 is 0 Å². The second-order valence-corrected chi connectivity index (χ2v) is 6.20. The van der Waals surface area contributed by atoms with Crippen LogP contribution in [-0.2, 0) is 9.53 Å². The van der Waals surface area contributed by atoms with Crippen molar-refractivity contribution in [2.24, 2.45) is 0 Å². The first kappa shape index (κ1) is 17.6. The first-order valence-corrected chi connectivity index (χ1v) is 8.59. The first-order chi connectivity index (χ1) is 12.2. The topological polar surface area (TPSA) is 56.8 Å². The van der Waals surface area contributed by atoms with E-state index < -0.39 is 0 Å². The van der Waals surface area contributed by atoms with Crippen LogP contribution in [0.25, 0.3) is 0 Å². The van der Waals surface area contributed by atoms with Crippen LogP contribution in [0.4, 0.5) is 5.69 Å². The Balaban J connectivity index is 1.47. The number of hydrogen-bond donors (Lipinski definition) is 1. The molecule has 2 aromatic rings. The predicted molar refractivity (Wildman–Crippen MR) is 96.5 cm³/mol. The van der Waals surface area contributed by atoms with E-state index >= 15 is 0 Å². The van der Waals surface area contributed by atoms with Gasteiger partial charge in [-0.05, 0) is 49.2 Å². The number of rotatable bonds is 7. The van der Waals surface area contributed by atoms with Gasteiger partial charge in [-0.3, -0.25) is 4.79 Å². The van der Waals surface area contributed by atoms with E-state index in [-0.39, 0.29) is 18.6 Å². The van der Waals surface area contributed by atoms with Crippen LogP contribution >= 0.6 is 11.6 Å². The molecule has 1 unspecified atom stereocenters. The molecule has 0 aromatic heterocycles. The zero-order chi connectivity index (χ0) is 17.5. The quantitative estimate of drug-likeness (QED) is 0.812. The monoisotopic (exact) mass is 361 g/mol. The molecule has 1 heterocycles. The van der Waals surface area contributed by atoms with Crippen molar-refractivity contribution in [1.82, 2.24) is 0 Å². The molecule has 3 rings (SSSR count). The van der Waals surface area contributed by atoms with Gasteiger partial charge in [0.1, 0.15) is 18.1 Å². The third kappa shape index (κ3) is 5.66. The zero-order valence-electron chi connectivity index (χ0n) is 13.7. The molecule has 0 saturated carbocycles. The minimum Gasteiger partial charge on any atom is -0.491 e. The lowest BCUT2D eigenvalue weighted by molar-refractivity contribution is -0.118. The molecule has 0 radical (unpaired) electrons. The van der Waals surface area contributed by atoms with E-state index in [1.807, 2.05) is 12.1 Å². The molecule has 1 fully saturated rings. The van der Waals surface area contributed by atoms with Gasteiger partial charge < -0.3 is 19.5 Å². The molecule has 132 valence electrons. The van der Waals surface area contributed by atoms with E-state index in [1.54, 1.807) is 36.4 Å². The lowest BCUT2D eigenvalue weighted by Gasteiger charge is -2.13. The van der Waals surface area contributed by atoms with Crippen LogP contribution in [-0.4, -0.2) is 31.8 Å². The molecule has 1 aliphatic heterocycles. The van der Waals surface area contributed by atoms with Gasteiger partial charge in [0.25, 0.3) is 5.91 Å². The van der Waals surface area contributed by atoms with Crippen molar-refractivity contribution in [2.75, 3.05) is 25.1 Å². The lowest BCUT2D eigenvalue weighted by atomic mass is 10.2. The Kier molecular flexibility index (Phi) is 6.14. The van der Waals surface area contributed by atoms with Crippen molar-refractivity contribution >= 4 is 23.2 Å². The van der Waals surface area contributed by atoms with Crippen LogP contribution in [0.2, 0.25) is 5.02 Å². The van der Waals surface area contributed by atoms with E-state index in [1.165, 1.54) is 0 Å². The highest BCUT2D eigenvalue weighted by Crippen LogP contribution is 2.20. The maximum atomic E-state index is 12.0. The standard InChI is InChI=1S/C19H20ClNO4/c20-14-6-8-16(9-7-14)25-13-19(22)21-15-3-1-4-17(11-15)24-12-18-5-2-10-23-18/h1,3-4,6-9,11,18H,2,5,10,12-13H2,(H,21,22). The molecule has 0 bridgehead atoms. The van der Waals surface area contributed by atoms with Gasteiger partial charge in [0.2, 0.25) is 0 Å². The lowest BCUT2D eigenvalue weighted by Crippen LogP contribution is -2.20. The fourth-order valence-corrected chi connectivity index (χ4v) is 2.63. The van der Waals surface area contributed by atoms with E-state index in [0.717, 1.165) is 19.4 Å². The molecule has 1 atom stereocenters. The molecular weight excluding hydrogens is 342 g/mol. The number of ether oxygens (including phenoxy) is 3. The smallest absolute Gasteiger partial charge is 0.262 e. The van der Waals surface area contributed by atoms with Crippen LogP contribution in [0.5, 0.6) is 11.5 Å². The number of carbonyl (C=O) groups is 1. The summed E-state index contributed by atoms with van der Waals surface area (Å²) in [5, 5.41) is 3.41. The Hall–Kier alpha value is -2.24. The highest BCUT2D eigenvalue weighted by Gasteiger charge is 2.16. The minimum atomic E-state index is -0.244. The van der Waals surface area contributed by atoms with E-state index in [0.29, 0.717) is 28.8 Å². The Morgan fingerprint density at radius 3 is 2.76 bits per heavy atom. The molecule has 6 heteroatoms. The third-order valence-corrected chi connectivity index (χ3v) is 4.01. The van der Waals surface area contributed by atoms with Gasteiger partial charge in [0.05, 0.1) is 6.10 Å². The normalized spacial score (nSPS) is 16.4. The summed E-state index contributed by atoms with van der Waals surface area (Å²) in [4.78, 5) is 12.0. The van der Waals surface area contributed by atoms with Crippen molar-refractivity contribution in [3.8, 4) is 11.5 Å². The minimum absolute atomic E-state index is 0.0807. The number of amides is 1. The molecule has 2 aromatic carbocycles. The Morgan fingerprint density at radius 1 is 1.16 bits per heavy atom. The second kappa shape index (κ2) is 8.74. The Morgan fingerprint density at radius 2 is 2.00 bits per heavy atom. The van der Waals surface area contributed by atoms with Gasteiger partial charge in [-0.2, -0.15) is 0 Å². The fraction of sp³-hybridized carbons (Fsp3) is 0.316. The highest BCUT2D eigenvalue weighted by molar-refractivity contribution is 6.30. The van der Waals surface area contributed by atoms with Gasteiger partial charge in [-0.1, -0.05) is 17.7 Å². The molecule has 1 N–H and O–H groups in total. The van der Waals surface area contributed by atoms with E-state index in [4.69, 9.17) is 25.8 Å². The van der Waals surface area contributed by atoms with Crippen LogP contribution < -0.4 is 14.8 Å². The second-order valence-electron chi connectivity index (χ2n) is 5.76. The number of benzene rings is 2. The molecule has 25 heavy (non-hydrogen) atoms. The predicted octanol–water partition coefficient (Wildman–Crippen LogP) is 3.92. The van der Waals surface area contributed by atoms with Crippen molar-refractivity contribution < 1.29 is 19.0 Å².